The van der Waals surface area contributed by atoms with Gasteiger partial charge in [-0.1, -0.05) is 112 Å². The fraction of sp³-hybridized carbons (Fsp3) is 0.390. The Hall–Kier alpha value is -3.40. The Kier molecular flexibility index (Phi) is 12.1. The Morgan fingerprint density at radius 3 is 2.15 bits per heavy atom. The first kappa shape index (κ1) is 37.1. The van der Waals surface area contributed by atoms with Crippen LogP contribution in [0, 0.1) is 23.8 Å². The van der Waals surface area contributed by atoms with Crippen molar-refractivity contribution in [2.45, 2.75) is 94.4 Å². The van der Waals surface area contributed by atoms with Crippen LogP contribution in [-0.4, -0.2) is 20.9 Å². The predicted molar refractivity (Wildman–Crippen MR) is 191 cm³/mol. The second-order valence-electron chi connectivity index (χ2n) is 13.7. The summed E-state index contributed by atoms with van der Waals surface area (Å²) in [6.07, 6.45) is 3.80. The summed E-state index contributed by atoms with van der Waals surface area (Å²) in [6.45, 7) is 20.4. The number of hydrogen-bond donors (Lipinski definition) is 1. The molecule has 0 amide bonds. The summed E-state index contributed by atoms with van der Waals surface area (Å²) >= 11 is 0. The third-order valence-electron chi connectivity index (χ3n) is 9.20. The summed E-state index contributed by atoms with van der Waals surface area (Å²) in [5.74, 6) is 1.47. The molecule has 0 saturated carbocycles. The maximum atomic E-state index is 11.9. The summed E-state index contributed by atoms with van der Waals surface area (Å²) in [6, 6.07) is 25.0. The summed E-state index contributed by atoms with van der Waals surface area (Å²) in [7, 11) is 0. The molecule has 5 aromatic rings. The van der Waals surface area contributed by atoms with Crippen molar-refractivity contribution in [2.24, 2.45) is 10.8 Å². The van der Waals surface area contributed by atoms with Crippen molar-refractivity contribution in [1.29, 1.82) is 0 Å². The van der Waals surface area contributed by atoms with Crippen molar-refractivity contribution >= 4 is 38.2 Å². The number of carbonyl (C=O) groups is 1. The second-order valence-corrected chi connectivity index (χ2v) is 13.7. The first-order chi connectivity index (χ1) is 21.2. The number of aliphatic hydroxyl groups excluding tert-OH is 1. The Bertz CT molecular complexity index is 1880. The molecule has 0 unspecified atom stereocenters. The van der Waals surface area contributed by atoms with Gasteiger partial charge in [-0.3, -0.25) is 9.78 Å². The molecule has 0 atom stereocenters. The van der Waals surface area contributed by atoms with E-state index in [4.69, 9.17) is 9.97 Å². The number of hydrogen-bond acceptors (Lipinski definition) is 4. The second kappa shape index (κ2) is 15.0. The Morgan fingerprint density at radius 1 is 0.913 bits per heavy atom. The third-order valence-corrected chi connectivity index (χ3v) is 9.20. The van der Waals surface area contributed by atoms with E-state index in [-0.39, 0.29) is 42.5 Å². The number of carbonyl (C=O) groups excluding carboxylic acids is 1. The molecular weight excluding hydrogens is 745 g/mol. The van der Waals surface area contributed by atoms with Gasteiger partial charge in [0.2, 0.25) is 0 Å². The minimum atomic E-state index is -0.349. The van der Waals surface area contributed by atoms with E-state index in [1.165, 1.54) is 38.7 Å². The van der Waals surface area contributed by atoms with Crippen molar-refractivity contribution < 1.29 is 30.0 Å². The van der Waals surface area contributed by atoms with Crippen LogP contribution >= 0.6 is 0 Å². The van der Waals surface area contributed by atoms with Gasteiger partial charge < -0.3 is 5.11 Å². The third kappa shape index (κ3) is 7.59. The van der Waals surface area contributed by atoms with Crippen LogP contribution in [0.1, 0.15) is 98.0 Å². The van der Waals surface area contributed by atoms with Crippen LogP contribution in [-0.2, 0) is 31.3 Å². The van der Waals surface area contributed by atoms with E-state index in [9.17, 15) is 9.90 Å². The number of aryl methyl sites for hydroxylation is 2. The molecule has 1 radical (unpaired) electrons. The van der Waals surface area contributed by atoms with Gasteiger partial charge in [0.15, 0.2) is 5.78 Å². The molecule has 0 fully saturated rings. The first-order valence-corrected chi connectivity index (χ1v) is 16.3. The fourth-order valence-corrected chi connectivity index (χ4v) is 5.56. The van der Waals surface area contributed by atoms with Gasteiger partial charge in [0.1, 0.15) is 11.6 Å². The molecule has 0 aliphatic carbocycles. The van der Waals surface area contributed by atoms with E-state index in [1.807, 2.05) is 53.7 Å². The minimum absolute atomic E-state index is 0. The van der Waals surface area contributed by atoms with Gasteiger partial charge in [-0.2, -0.15) is 0 Å². The quantitative estimate of drug-likeness (QED) is 0.0771. The molecule has 1 aromatic heterocycles. The minimum Gasteiger partial charge on any atom is -0.512 e. The molecule has 0 spiro atoms. The van der Waals surface area contributed by atoms with Gasteiger partial charge in [0, 0.05) is 48.8 Å². The molecule has 0 aliphatic heterocycles. The first-order valence-electron chi connectivity index (χ1n) is 16.3. The van der Waals surface area contributed by atoms with Gasteiger partial charge in [-0.25, -0.2) is 4.98 Å². The van der Waals surface area contributed by atoms with Crippen LogP contribution in [0.15, 0.2) is 72.5 Å². The van der Waals surface area contributed by atoms with E-state index in [2.05, 4.69) is 82.3 Å². The average molecular weight is 794 g/mol. The van der Waals surface area contributed by atoms with Crippen molar-refractivity contribution in [2.75, 3.05) is 0 Å². The zero-order valence-corrected chi connectivity index (χ0v) is 31.5. The van der Waals surface area contributed by atoms with E-state index in [0.29, 0.717) is 5.92 Å². The Labute approximate surface area is 289 Å². The number of rotatable bonds is 7. The molecule has 0 bridgehead atoms. The maximum Gasteiger partial charge on any atom is 0.164 e. The van der Waals surface area contributed by atoms with Gasteiger partial charge >= 0.3 is 0 Å². The molecule has 46 heavy (non-hydrogen) atoms. The standard InChI is InChI=1S/C28H25N2.C13H24O2.Ir/c1-5-25-29-27(20-12-8-6-10-18(20)4)23-15-14-22-21-13-9-7-11-19(21)16-24(17(2)3)26(22)28(23)30-25;1-7-13(6,8-2)11(15)9-10(14)12(3,4)5;/h6-11,13-17H,5H2,1-4H3;9,14H,7-8H2,1-6H3;/q-1;;/b;10-9-;. The molecule has 1 heterocycles. The smallest absolute Gasteiger partial charge is 0.164 e. The van der Waals surface area contributed by atoms with E-state index in [1.54, 1.807) is 0 Å². The maximum absolute atomic E-state index is 11.9. The molecular formula is C41H49IrN2O2-. The van der Waals surface area contributed by atoms with E-state index in [0.717, 1.165) is 47.2 Å². The summed E-state index contributed by atoms with van der Waals surface area (Å²) in [5.41, 5.74) is 4.94. The SMILES string of the molecule is CCC(C)(CC)C(=O)/C=C(\O)C(C)(C)C.CCc1nc(-c2[c-]cccc2C)c2ccc3c4ccccc4cc(C(C)C)c3c2n1.[Ir]. The largest absolute Gasteiger partial charge is 0.512 e. The molecule has 0 aliphatic rings. The zero-order chi connectivity index (χ0) is 33.1. The van der Waals surface area contributed by atoms with Crippen molar-refractivity contribution in [1.82, 2.24) is 9.97 Å². The molecule has 0 saturated heterocycles. The predicted octanol–water partition coefficient (Wildman–Crippen LogP) is 11.3. The zero-order valence-electron chi connectivity index (χ0n) is 29.1. The normalized spacial score (nSPS) is 12.3. The van der Waals surface area contributed by atoms with Crippen LogP contribution in [0.4, 0.5) is 0 Å². The average Bonchev–Trinajstić information content (AvgIpc) is 3.03. The van der Waals surface area contributed by atoms with Gasteiger partial charge in [-0.05, 0) is 51.6 Å². The summed E-state index contributed by atoms with van der Waals surface area (Å²) < 4.78 is 0. The van der Waals surface area contributed by atoms with Gasteiger partial charge in [0.05, 0.1) is 5.52 Å². The number of aromatic nitrogens is 2. The van der Waals surface area contributed by atoms with Gasteiger partial charge in [-0.15, -0.1) is 35.4 Å². The molecule has 4 aromatic carbocycles. The molecule has 245 valence electrons. The van der Waals surface area contributed by atoms with Crippen LogP contribution < -0.4 is 0 Å². The Morgan fingerprint density at radius 2 is 1.57 bits per heavy atom. The Balaban J connectivity index is 0.000000309. The summed E-state index contributed by atoms with van der Waals surface area (Å²) in [4.78, 5) is 22.0. The van der Waals surface area contributed by atoms with Crippen molar-refractivity contribution in [3.8, 4) is 11.3 Å². The molecule has 4 nitrogen and oxygen atoms in total. The van der Waals surface area contributed by atoms with Crippen molar-refractivity contribution in [3.63, 3.8) is 0 Å². The van der Waals surface area contributed by atoms with Crippen LogP contribution in [0.25, 0.3) is 43.7 Å². The number of aliphatic hydroxyl groups is 1. The van der Waals surface area contributed by atoms with Crippen LogP contribution in [0.2, 0.25) is 0 Å². The number of fused-ring (bicyclic) bond motifs is 5. The number of benzene rings is 4. The number of nitrogens with zero attached hydrogens (tertiary/aromatic N) is 2. The monoisotopic (exact) mass is 794 g/mol. The topological polar surface area (TPSA) is 63.1 Å². The fourth-order valence-electron chi connectivity index (χ4n) is 5.56. The van der Waals surface area contributed by atoms with Crippen molar-refractivity contribution in [3.05, 3.63) is 95.5 Å². The molecule has 1 N–H and O–H groups in total. The van der Waals surface area contributed by atoms with E-state index >= 15 is 0 Å². The van der Waals surface area contributed by atoms with Crippen LogP contribution in [0.3, 0.4) is 0 Å². The van der Waals surface area contributed by atoms with E-state index < -0.39 is 0 Å². The summed E-state index contributed by atoms with van der Waals surface area (Å²) in [5, 5.41) is 15.9. The van der Waals surface area contributed by atoms with Gasteiger partial charge in [0.25, 0.3) is 0 Å². The van der Waals surface area contributed by atoms with Crippen LogP contribution in [0.5, 0.6) is 0 Å². The molecule has 5 heteroatoms. The molecule has 5 rings (SSSR count). The number of ketones is 1. The number of allylic oxidation sites excluding steroid dienone is 2.